The van der Waals surface area contributed by atoms with Crippen LogP contribution in [0, 0.1) is 17.8 Å². The third-order valence-corrected chi connectivity index (χ3v) is 12.4. The van der Waals surface area contributed by atoms with E-state index in [0.717, 1.165) is 97.5 Å². The molecule has 0 saturated heterocycles. The molecule has 2 fully saturated rings. The second-order valence-corrected chi connectivity index (χ2v) is 18.9. The minimum absolute atomic E-state index is 0.0903. The second kappa shape index (κ2) is 29.6. The van der Waals surface area contributed by atoms with Gasteiger partial charge in [0.15, 0.2) is 11.5 Å². The number of carbonyl (C=O) groups is 2. The van der Waals surface area contributed by atoms with Crippen molar-refractivity contribution in [3.05, 3.63) is 95.3 Å². The molecule has 1 atom stereocenters. The number of Topliss-reactive ketones (excluding diaryl/α,β-unsaturated/α-hetero) is 1. The summed E-state index contributed by atoms with van der Waals surface area (Å²) in [4.78, 5) is 32.2. The quantitative estimate of drug-likeness (QED) is 0.0717. The third-order valence-electron chi connectivity index (χ3n) is 12.4. The number of halogens is 2. The fourth-order valence-corrected chi connectivity index (χ4v) is 8.15. The lowest BCUT2D eigenvalue weighted by atomic mass is 9.73. The van der Waals surface area contributed by atoms with Crippen LogP contribution in [0.25, 0.3) is 5.57 Å². The van der Waals surface area contributed by atoms with Crippen LogP contribution in [0.1, 0.15) is 211 Å². The monoisotopic (exact) mass is 888 g/mol. The lowest BCUT2D eigenvalue weighted by Crippen LogP contribution is -2.50. The van der Waals surface area contributed by atoms with Crippen molar-refractivity contribution in [2.45, 2.75) is 217 Å². The molecule has 0 radical (unpaired) electrons. The molecule has 0 bridgehead atoms. The van der Waals surface area contributed by atoms with E-state index in [2.05, 4.69) is 97.0 Å². The molecule has 1 aromatic rings. The summed E-state index contributed by atoms with van der Waals surface area (Å²) in [6, 6.07) is 6.74. The molecule has 1 aromatic carbocycles. The number of unbranched alkanes of at least 4 members (excludes halogenated alkanes) is 4. The van der Waals surface area contributed by atoms with Crippen molar-refractivity contribution in [1.29, 1.82) is 0 Å². The smallest absolute Gasteiger partial charge is 0.237 e. The number of nitrogens with one attached hydrogen (secondary N) is 1. The molecule has 1 N–H and O–H groups in total. The first-order valence-corrected chi connectivity index (χ1v) is 25.1. The molecule has 4 rings (SSSR count). The highest BCUT2D eigenvalue weighted by Crippen LogP contribution is 2.52. The van der Waals surface area contributed by atoms with E-state index in [1.54, 1.807) is 19.1 Å². The lowest BCUT2D eigenvalue weighted by molar-refractivity contribution is -0.128. The SMILES string of the molecule is C=C/C(F)=C(\C=C/C)N/C(C)=C(C)/C(=C\C(=C)c1ccc2c(c1)N(C1CC(CC)C1)C(=O)C2(CCC)CCC)N=CCC.CC(C)C.CCC(C)C(=O)C1(F)CC1.CCCCCCC. The van der Waals surface area contributed by atoms with Gasteiger partial charge in [0.25, 0.3) is 0 Å². The zero-order valence-electron chi connectivity index (χ0n) is 43.1. The summed E-state index contributed by atoms with van der Waals surface area (Å²) in [6.07, 6.45) is 25.0. The largest absolute Gasteiger partial charge is 0.356 e. The van der Waals surface area contributed by atoms with E-state index in [-0.39, 0.29) is 23.7 Å². The van der Waals surface area contributed by atoms with Gasteiger partial charge in [0.1, 0.15) is 5.83 Å². The molecule has 3 aliphatic rings. The van der Waals surface area contributed by atoms with Crippen molar-refractivity contribution >= 4 is 29.2 Å². The predicted molar refractivity (Wildman–Crippen MR) is 275 cm³/mol. The average Bonchev–Trinajstić information content (AvgIpc) is 3.97. The maximum Gasteiger partial charge on any atom is 0.237 e. The number of ketones is 1. The molecule has 1 unspecified atom stereocenters. The number of hydrogen-bond donors (Lipinski definition) is 1. The number of carbonyl (C=O) groups excluding carboxylic acids is 2. The summed E-state index contributed by atoms with van der Waals surface area (Å²) in [7, 11) is 0. The van der Waals surface area contributed by atoms with Crippen LogP contribution in [0.3, 0.4) is 0 Å². The van der Waals surface area contributed by atoms with Gasteiger partial charge >= 0.3 is 0 Å². The van der Waals surface area contributed by atoms with Gasteiger partial charge < -0.3 is 10.2 Å². The number of fused-ring (bicyclic) bond motifs is 1. The number of alkyl halides is 1. The first-order valence-electron chi connectivity index (χ1n) is 25.1. The Balaban J connectivity index is 0.000000795. The molecule has 360 valence electrons. The molecule has 7 heteroatoms. The summed E-state index contributed by atoms with van der Waals surface area (Å²) in [5.41, 5.74) is 4.93. The fraction of sp³-hybridized carbons (Fsp3) is 0.632. The molecule has 1 aliphatic heterocycles. The van der Waals surface area contributed by atoms with Crippen LogP contribution in [0.15, 0.2) is 89.1 Å². The zero-order chi connectivity index (χ0) is 48.6. The van der Waals surface area contributed by atoms with E-state index in [1.807, 2.05) is 46.9 Å². The van der Waals surface area contributed by atoms with E-state index >= 15 is 0 Å². The summed E-state index contributed by atoms with van der Waals surface area (Å²) in [5, 5.41) is 3.19. The number of amides is 1. The van der Waals surface area contributed by atoms with Gasteiger partial charge in [0.2, 0.25) is 5.91 Å². The molecule has 5 nitrogen and oxygen atoms in total. The van der Waals surface area contributed by atoms with Gasteiger partial charge in [0, 0.05) is 29.6 Å². The minimum Gasteiger partial charge on any atom is -0.356 e. The molecule has 0 aromatic heterocycles. The molecule has 2 saturated carbocycles. The van der Waals surface area contributed by atoms with Crippen molar-refractivity contribution in [2.75, 3.05) is 4.90 Å². The number of hydrogen-bond acceptors (Lipinski definition) is 4. The van der Waals surface area contributed by atoms with Gasteiger partial charge in [0.05, 0.1) is 16.8 Å². The standard InChI is InChI=1S/C38H52FN3O.C8H13FO.C7H16.C4H10/c1-10-16-34(33(39)15-6)41-28(9)27(8)35(40-21-13-4)22-26(7)30-17-18-32-36(25-30)42(31-23-29(14-5)24-31)37(43)38(32,19-11-2)20-12-3;1-3-6(2)7(10)8(9)4-5-8;1-3-5-7-6-4-2;1-4(2)3/h10,15-18,21-22,25,29,31,41H,6-7,11-14,19-20,23-24H2,1-5,8-9H3;6H,3-5H2,1-2H3;3-7H2,1-2H3;4H,1-3H3/b16-10-,28-27+,34-33-,35-22+,40-21?;;;. The molecule has 0 spiro atoms. The summed E-state index contributed by atoms with van der Waals surface area (Å²) >= 11 is 0. The maximum atomic E-state index is 14.4. The Morgan fingerprint density at radius 3 is 1.98 bits per heavy atom. The summed E-state index contributed by atoms with van der Waals surface area (Å²) in [6.45, 7) is 37.1. The first-order chi connectivity index (χ1) is 30.4. The van der Waals surface area contributed by atoms with Crippen molar-refractivity contribution in [2.24, 2.45) is 22.7 Å². The van der Waals surface area contributed by atoms with E-state index < -0.39 is 16.9 Å². The number of anilines is 1. The Morgan fingerprint density at radius 2 is 1.53 bits per heavy atom. The minimum atomic E-state index is -1.41. The Kier molecular flexibility index (Phi) is 26.9. The Hall–Kier alpha value is -3.87. The van der Waals surface area contributed by atoms with Gasteiger partial charge in [-0.1, -0.05) is 159 Å². The number of nitrogens with zero attached hydrogens (tertiary/aromatic N) is 2. The zero-order valence-corrected chi connectivity index (χ0v) is 43.1. The Morgan fingerprint density at radius 1 is 0.953 bits per heavy atom. The number of aliphatic imine (C=N–C) groups is 1. The van der Waals surface area contributed by atoms with Crippen LogP contribution in [-0.2, 0) is 15.0 Å². The molecular formula is C57H91F2N3O2. The summed E-state index contributed by atoms with van der Waals surface area (Å²) in [5.74, 6) is 1.12. The van der Waals surface area contributed by atoms with E-state index in [1.165, 1.54) is 43.7 Å². The van der Waals surface area contributed by atoms with Crippen molar-refractivity contribution in [3.8, 4) is 0 Å². The maximum absolute atomic E-state index is 14.4. The van der Waals surface area contributed by atoms with Gasteiger partial charge in [-0.15, -0.1) is 0 Å². The average molecular weight is 888 g/mol. The number of allylic oxidation sites excluding steroid dienone is 8. The summed E-state index contributed by atoms with van der Waals surface area (Å²) < 4.78 is 27.4. The highest BCUT2D eigenvalue weighted by atomic mass is 19.1. The fourth-order valence-electron chi connectivity index (χ4n) is 8.15. The van der Waals surface area contributed by atoms with E-state index in [9.17, 15) is 18.4 Å². The molecule has 1 heterocycles. The Labute approximate surface area is 391 Å². The number of rotatable bonds is 22. The van der Waals surface area contributed by atoms with Crippen LogP contribution in [0.5, 0.6) is 0 Å². The second-order valence-electron chi connectivity index (χ2n) is 18.9. The third kappa shape index (κ3) is 17.2. The van der Waals surface area contributed by atoms with Crippen LogP contribution < -0.4 is 10.2 Å². The normalized spacial score (nSPS) is 19.5. The highest BCUT2D eigenvalue weighted by molar-refractivity contribution is 6.09. The van der Waals surface area contributed by atoms with Gasteiger partial charge in [-0.25, -0.2) is 8.78 Å². The topological polar surface area (TPSA) is 61.8 Å². The van der Waals surface area contributed by atoms with Crippen molar-refractivity contribution < 1.29 is 18.4 Å². The van der Waals surface area contributed by atoms with Gasteiger partial charge in [-0.3, -0.25) is 14.6 Å². The van der Waals surface area contributed by atoms with Crippen LogP contribution in [0.4, 0.5) is 14.5 Å². The van der Waals surface area contributed by atoms with E-state index in [4.69, 9.17) is 4.99 Å². The predicted octanol–water partition coefficient (Wildman–Crippen LogP) is 17.0. The van der Waals surface area contributed by atoms with Crippen molar-refractivity contribution in [1.82, 2.24) is 5.32 Å². The first kappa shape index (κ1) is 58.1. The van der Waals surface area contributed by atoms with E-state index in [0.29, 0.717) is 24.5 Å². The van der Waals surface area contributed by atoms with Gasteiger partial charge in [-0.2, -0.15) is 0 Å². The van der Waals surface area contributed by atoms with Crippen molar-refractivity contribution in [3.63, 3.8) is 0 Å². The molecular weight excluding hydrogens is 797 g/mol. The lowest BCUT2D eigenvalue weighted by Gasteiger charge is -2.42. The molecule has 1 amide bonds. The van der Waals surface area contributed by atoms with Crippen LogP contribution in [0.2, 0.25) is 0 Å². The Bertz CT molecular complexity index is 1770. The highest BCUT2D eigenvalue weighted by Gasteiger charge is 2.53. The molecule has 2 aliphatic carbocycles. The van der Waals surface area contributed by atoms with Crippen LogP contribution in [-0.4, -0.2) is 29.6 Å². The van der Waals surface area contributed by atoms with Crippen LogP contribution >= 0.6 is 0 Å². The van der Waals surface area contributed by atoms with Gasteiger partial charge in [-0.05, 0) is 131 Å². The number of benzene rings is 1. The molecule has 64 heavy (non-hydrogen) atoms.